The van der Waals surface area contributed by atoms with E-state index in [0.29, 0.717) is 12.3 Å². The lowest BCUT2D eigenvalue weighted by Gasteiger charge is -2.17. The lowest BCUT2D eigenvalue weighted by atomic mass is 10.2. The number of amides is 1. The quantitative estimate of drug-likeness (QED) is 0.813. The summed E-state index contributed by atoms with van der Waals surface area (Å²) in [5.74, 6) is 0.449. The Morgan fingerprint density at radius 1 is 1.71 bits per heavy atom. The Morgan fingerprint density at radius 3 is 2.93 bits per heavy atom. The van der Waals surface area contributed by atoms with Crippen molar-refractivity contribution in [3.63, 3.8) is 0 Å². The SMILES string of the molecule is C[C@@](Cl)(CCl)C(=O)NCc1ccco1. The lowest BCUT2D eigenvalue weighted by molar-refractivity contribution is -0.123. The van der Waals surface area contributed by atoms with E-state index in [4.69, 9.17) is 27.6 Å². The van der Waals surface area contributed by atoms with Crippen LogP contribution in [0.2, 0.25) is 0 Å². The molecule has 1 N–H and O–H groups in total. The highest BCUT2D eigenvalue weighted by Crippen LogP contribution is 2.16. The minimum Gasteiger partial charge on any atom is -0.467 e. The molecule has 3 nitrogen and oxygen atoms in total. The molecule has 0 saturated heterocycles. The molecule has 0 aliphatic heterocycles. The van der Waals surface area contributed by atoms with Crippen LogP contribution in [0.5, 0.6) is 0 Å². The van der Waals surface area contributed by atoms with Crippen molar-refractivity contribution in [3.05, 3.63) is 24.2 Å². The van der Waals surface area contributed by atoms with Gasteiger partial charge in [0, 0.05) is 0 Å². The second-order valence-corrected chi connectivity index (χ2v) is 4.19. The molecule has 0 saturated carbocycles. The minimum atomic E-state index is -1.06. The van der Waals surface area contributed by atoms with Crippen molar-refractivity contribution in [2.45, 2.75) is 18.3 Å². The van der Waals surface area contributed by atoms with Gasteiger partial charge in [0.25, 0.3) is 0 Å². The smallest absolute Gasteiger partial charge is 0.242 e. The van der Waals surface area contributed by atoms with Crippen LogP contribution in [-0.2, 0) is 11.3 Å². The van der Waals surface area contributed by atoms with Crippen molar-refractivity contribution in [3.8, 4) is 0 Å². The normalized spacial score (nSPS) is 14.8. The van der Waals surface area contributed by atoms with Gasteiger partial charge in [-0.1, -0.05) is 0 Å². The highest BCUT2D eigenvalue weighted by molar-refractivity contribution is 6.39. The molecule has 1 heterocycles. The standard InChI is InChI=1S/C9H11Cl2NO2/c1-9(11,6-10)8(13)12-5-7-3-2-4-14-7/h2-4H,5-6H2,1H3,(H,12,13)/t9-/m1/s1. The van der Waals surface area contributed by atoms with Crippen LogP contribution < -0.4 is 5.32 Å². The third-order valence-corrected chi connectivity index (χ3v) is 2.70. The van der Waals surface area contributed by atoms with Crippen LogP contribution in [0.4, 0.5) is 0 Å². The van der Waals surface area contributed by atoms with Crippen LogP contribution in [0.25, 0.3) is 0 Å². The third kappa shape index (κ3) is 2.93. The summed E-state index contributed by atoms with van der Waals surface area (Å²) in [4.78, 5) is 10.4. The molecule has 1 aromatic rings. The van der Waals surface area contributed by atoms with E-state index in [2.05, 4.69) is 5.32 Å². The Hall–Kier alpha value is -0.670. The van der Waals surface area contributed by atoms with Crippen molar-refractivity contribution in [1.82, 2.24) is 5.32 Å². The summed E-state index contributed by atoms with van der Waals surface area (Å²) >= 11 is 11.4. The van der Waals surface area contributed by atoms with E-state index in [0.717, 1.165) is 0 Å². The monoisotopic (exact) mass is 235 g/mol. The van der Waals surface area contributed by atoms with Gasteiger partial charge in [0.15, 0.2) is 0 Å². The molecule has 0 radical (unpaired) electrons. The summed E-state index contributed by atoms with van der Waals surface area (Å²) in [7, 11) is 0. The van der Waals surface area contributed by atoms with E-state index in [9.17, 15) is 4.79 Å². The predicted molar refractivity (Wildman–Crippen MR) is 55.5 cm³/mol. The van der Waals surface area contributed by atoms with Gasteiger partial charge in [0.2, 0.25) is 5.91 Å². The molecule has 14 heavy (non-hydrogen) atoms. The Balaban J connectivity index is 2.43. The predicted octanol–water partition coefficient (Wildman–Crippen LogP) is 2.13. The van der Waals surface area contributed by atoms with Crippen LogP contribution >= 0.6 is 23.2 Å². The highest BCUT2D eigenvalue weighted by Gasteiger charge is 2.29. The van der Waals surface area contributed by atoms with Crippen LogP contribution in [-0.4, -0.2) is 16.7 Å². The van der Waals surface area contributed by atoms with Crippen molar-refractivity contribution < 1.29 is 9.21 Å². The molecule has 0 aliphatic carbocycles. The van der Waals surface area contributed by atoms with Crippen LogP contribution in [0, 0.1) is 0 Å². The zero-order chi connectivity index (χ0) is 10.6. The fourth-order valence-corrected chi connectivity index (χ4v) is 1.01. The van der Waals surface area contributed by atoms with Crippen molar-refractivity contribution >= 4 is 29.1 Å². The van der Waals surface area contributed by atoms with Gasteiger partial charge < -0.3 is 9.73 Å². The number of halogens is 2. The maximum absolute atomic E-state index is 11.4. The van der Waals surface area contributed by atoms with Crippen molar-refractivity contribution in [2.75, 3.05) is 5.88 Å². The molecule has 1 aromatic heterocycles. The fraction of sp³-hybridized carbons (Fsp3) is 0.444. The van der Waals surface area contributed by atoms with Crippen molar-refractivity contribution in [1.29, 1.82) is 0 Å². The molecule has 1 atom stereocenters. The Labute approximate surface area is 92.4 Å². The molecule has 1 rings (SSSR count). The van der Waals surface area contributed by atoms with Gasteiger partial charge in [-0.05, 0) is 19.1 Å². The van der Waals surface area contributed by atoms with Crippen LogP contribution in [0.1, 0.15) is 12.7 Å². The van der Waals surface area contributed by atoms with Crippen LogP contribution in [0.3, 0.4) is 0 Å². The first-order chi connectivity index (χ1) is 6.56. The Morgan fingerprint density at radius 2 is 2.43 bits per heavy atom. The molecule has 1 amide bonds. The third-order valence-electron chi connectivity index (χ3n) is 1.73. The maximum Gasteiger partial charge on any atom is 0.242 e. The number of hydrogen-bond donors (Lipinski definition) is 1. The van der Waals surface area contributed by atoms with E-state index in [1.54, 1.807) is 25.3 Å². The summed E-state index contributed by atoms with van der Waals surface area (Å²) in [5, 5.41) is 2.63. The number of carbonyl (C=O) groups excluding carboxylic acids is 1. The summed E-state index contributed by atoms with van der Waals surface area (Å²) in [6.45, 7) is 1.89. The largest absolute Gasteiger partial charge is 0.467 e. The van der Waals surface area contributed by atoms with E-state index in [-0.39, 0.29) is 11.8 Å². The van der Waals surface area contributed by atoms with E-state index < -0.39 is 4.87 Å². The molecule has 5 heteroatoms. The summed E-state index contributed by atoms with van der Waals surface area (Å²) in [5.41, 5.74) is 0. The first kappa shape index (κ1) is 11.4. The Bertz CT molecular complexity index is 296. The van der Waals surface area contributed by atoms with Gasteiger partial charge in [-0.2, -0.15) is 0 Å². The van der Waals surface area contributed by atoms with Crippen LogP contribution in [0.15, 0.2) is 22.8 Å². The first-order valence-corrected chi connectivity index (χ1v) is 5.03. The first-order valence-electron chi connectivity index (χ1n) is 4.12. The molecule has 0 aliphatic rings. The van der Waals surface area contributed by atoms with Gasteiger partial charge in [0.05, 0.1) is 18.7 Å². The van der Waals surface area contributed by atoms with E-state index in [1.165, 1.54) is 0 Å². The second-order valence-electron chi connectivity index (χ2n) is 3.09. The van der Waals surface area contributed by atoms with Gasteiger partial charge in [-0.25, -0.2) is 0 Å². The number of hydrogen-bond acceptors (Lipinski definition) is 2. The van der Waals surface area contributed by atoms with Gasteiger partial charge in [-0.15, -0.1) is 23.2 Å². The zero-order valence-electron chi connectivity index (χ0n) is 7.72. The average molecular weight is 236 g/mol. The number of carbonyl (C=O) groups is 1. The highest BCUT2D eigenvalue weighted by atomic mass is 35.5. The molecule has 0 unspecified atom stereocenters. The summed E-state index contributed by atoms with van der Waals surface area (Å²) in [6.07, 6.45) is 1.54. The van der Waals surface area contributed by atoms with E-state index >= 15 is 0 Å². The summed E-state index contributed by atoms with van der Waals surface area (Å²) < 4.78 is 5.04. The molecular formula is C9H11Cl2NO2. The molecule has 0 fully saturated rings. The maximum atomic E-state index is 11.4. The van der Waals surface area contributed by atoms with Gasteiger partial charge >= 0.3 is 0 Å². The average Bonchev–Trinajstić information content (AvgIpc) is 2.66. The molecular weight excluding hydrogens is 225 g/mol. The number of furan rings is 1. The van der Waals surface area contributed by atoms with Gasteiger partial charge in [0.1, 0.15) is 10.6 Å². The topological polar surface area (TPSA) is 42.2 Å². The Kier molecular flexibility index (Phi) is 3.84. The molecule has 78 valence electrons. The number of nitrogens with one attached hydrogen (secondary N) is 1. The number of rotatable bonds is 4. The second kappa shape index (κ2) is 4.71. The number of alkyl halides is 2. The molecule has 0 spiro atoms. The zero-order valence-corrected chi connectivity index (χ0v) is 9.23. The lowest BCUT2D eigenvalue weighted by Crippen LogP contribution is -2.41. The minimum absolute atomic E-state index is 0.0680. The molecule has 0 aromatic carbocycles. The van der Waals surface area contributed by atoms with E-state index in [1.807, 2.05) is 0 Å². The van der Waals surface area contributed by atoms with Crippen molar-refractivity contribution in [2.24, 2.45) is 0 Å². The van der Waals surface area contributed by atoms with Gasteiger partial charge in [-0.3, -0.25) is 4.79 Å². The summed E-state index contributed by atoms with van der Waals surface area (Å²) in [6, 6.07) is 3.52. The molecule has 0 bridgehead atoms. The fourth-order valence-electron chi connectivity index (χ4n) is 0.826.